The van der Waals surface area contributed by atoms with Gasteiger partial charge in [0.2, 0.25) is 0 Å². The van der Waals surface area contributed by atoms with E-state index in [9.17, 15) is 9.59 Å². The van der Waals surface area contributed by atoms with Crippen LogP contribution >= 0.6 is 0 Å². The molecule has 1 unspecified atom stereocenters. The molecule has 2 heterocycles. The Hall–Kier alpha value is -1.99. The molecule has 7 heteroatoms. The molecule has 0 radical (unpaired) electrons. The zero-order chi connectivity index (χ0) is 15.1. The molecule has 7 nitrogen and oxygen atoms in total. The molecule has 1 fully saturated rings. The van der Waals surface area contributed by atoms with Crippen LogP contribution in [0.2, 0.25) is 0 Å². The minimum Gasteiger partial charge on any atom is -0.477 e. The molecule has 1 aromatic heterocycles. The third kappa shape index (κ3) is 4.80. The first-order valence-electron chi connectivity index (χ1n) is 6.84. The number of carbonyl (C=O) groups excluding carboxylic acids is 1. The number of aromatic nitrogens is 1. The van der Waals surface area contributed by atoms with Crippen molar-refractivity contribution in [3.8, 4) is 0 Å². The first kappa shape index (κ1) is 15.4. The number of amides is 1. The molecule has 2 N–H and O–H groups in total. The van der Waals surface area contributed by atoms with Gasteiger partial charge in [-0.25, -0.2) is 9.78 Å². The highest BCUT2D eigenvalue weighted by Crippen LogP contribution is 2.08. The Balaban J connectivity index is 1.69. The summed E-state index contributed by atoms with van der Waals surface area (Å²) in [5.74, 6) is -1.54. The predicted molar refractivity (Wildman–Crippen MR) is 73.3 cm³/mol. The minimum absolute atomic E-state index is 0.0972. The molecule has 0 bridgehead atoms. The summed E-state index contributed by atoms with van der Waals surface area (Å²) in [5, 5.41) is 11.5. The molecule has 0 spiro atoms. The number of hydrogen-bond donors (Lipinski definition) is 2. The van der Waals surface area contributed by atoms with Crippen molar-refractivity contribution in [2.75, 3.05) is 26.4 Å². The number of carboxylic acid groups (broad SMARTS) is 1. The van der Waals surface area contributed by atoms with E-state index in [2.05, 4.69) is 10.3 Å². The number of nitrogens with zero attached hydrogens (tertiary/aromatic N) is 1. The Labute approximate surface area is 122 Å². The number of pyridine rings is 1. The molecule has 2 rings (SSSR count). The Morgan fingerprint density at radius 3 is 2.95 bits per heavy atom. The Morgan fingerprint density at radius 2 is 2.24 bits per heavy atom. The maximum Gasteiger partial charge on any atom is 0.354 e. The van der Waals surface area contributed by atoms with Crippen molar-refractivity contribution in [1.29, 1.82) is 0 Å². The van der Waals surface area contributed by atoms with Crippen molar-refractivity contribution in [1.82, 2.24) is 10.3 Å². The second-order valence-corrected chi connectivity index (χ2v) is 4.68. The van der Waals surface area contributed by atoms with Crippen molar-refractivity contribution in [2.45, 2.75) is 18.9 Å². The molecule has 1 aliphatic heterocycles. The smallest absolute Gasteiger partial charge is 0.354 e. The lowest BCUT2D eigenvalue weighted by Gasteiger charge is -2.10. The van der Waals surface area contributed by atoms with Crippen LogP contribution in [0, 0.1) is 0 Å². The summed E-state index contributed by atoms with van der Waals surface area (Å²) >= 11 is 0. The molecular weight excluding hydrogens is 276 g/mol. The lowest BCUT2D eigenvalue weighted by atomic mass is 10.3. The number of carbonyl (C=O) groups is 2. The molecule has 1 aliphatic rings. The Bertz CT molecular complexity index is 500. The van der Waals surface area contributed by atoms with Gasteiger partial charge < -0.3 is 19.9 Å². The average Bonchev–Trinajstić information content (AvgIpc) is 3.00. The summed E-state index contributed by atoms with van der Waals surface area (Å²) in [6.07, 6.45) is 1.76. The van der Waals surface area contributed by atoms with E-state index in [1.54, 1.807) is 0 Å². The highest BCUT2D eigenvalue weighted by molar-refractivity contribution is 5.94. The first-order valence-corrected chi connectivity index (χ1v) is 6.84. The summed E-state index contributed by atoms with van der Waals surface area (Å²) in [7, 11) is 0. The fourth-order valence-electron chi connectivity index (χ4n) is 1.94. The van der Waals surface area contributed by atoms with E-state index in [-0.39, 0.29) is 23.4 Å². The second-order valence-electron chi connectivity index (χ2n) is 4.68. The largest absolute Gasteiger partial charge is 0.477 e. The van der Waals surface area contributed by atoms with E-state index in [1.165, 1.54) is 18.2 Å². The van der Waals surface area contributed by atoms with Gasteiger partial charge in [0, 0.05) is 19.8 Å². The summed E-state index contributed by atoms with van der Waals surface area (Å²) in [6, 6.07) is 4.32. The molecule has 21 heavy (non-hydrogen) atoms. The minimum atomic E-state index is -1.16. The summed E-state index contributed by atoms with van der Waals surface area (Å²) in [5.41, 5.74) is -0.0489. The number of rotatable bonds is 7. The van der Waals surface area contributed by atoms with Gasteiger partial charge in [-0.15, -0.1) is 0 Å². The van der Waals surface area contributed by atoms with Gasteiger partial charge in [-0.2, -0.15) is 0 Å². The van der Waals surface area contributed by atoms with Gasteiger partial charge in [0.1, 0.15) is 11.4 Å². The Morgan fingerprint density at radius 1 is 1.43 bits per heavy atom. The molecule has 0 aliphatic carbocycles. The van der Waals surface area contributed by atoms with Crippen LogP contribution in [0.1, 0.15) is 33.8 Å². The van der Waals surface area contributed by atoms with Crippen molar-refractivity contribution < 1.29 is 24.2 Å². The maximum atomic E-state index is 11.8. The summed E-state index contributed by atoms with van der Waals surface area (Å²) in [4.78, 5) is 26.4. The SMILES string of the molecule is O=C(O)c1cccc(C(=O)NCCCOC2CCOC2)n1. The third-order valence-electron chi connectivity index (χ3n) is 3.05. The van der Waals surface area contributed by atoms with Crippen molar-refractivity contribution in [3.05, 3.63) is 29.6 Å². The van der Waals surface area contributed by atoms with Gasteiger partial charge >= 0.3 is 5.97 Å². The summed E-state index contributed by atoms with van der Waals surface area (Å²) in [6.45, 7) is 2.38. The molecule has 1 atom stereocenters. The molecule has 1 saturated heterocycles. The molecule has 1 aromatic rings. The lowest BCUT2D eigenvalue weighted by Crippen LogP contribution is -2.27. The number of carboxylic acids is 1. The quantitative estimate of drug-likeness (QED) is 0.719. The van der Waals surface area contributed by atoms with Crippen LogP contribution in [0.25, 0.3) is 0 Å². The van der Waals surface area contributed by atoms with Gasteiger partial charge in [0.15, 0.2) is 0 Å². The van der Waals surface area contributed by atoms with E-state index in [1.807, 2.05) is 0 Å². The van der Waals surface area contributed by atoms with E-state index in [0.717, 1.165) is 13.0 Å². The van der Waals surface area contributed by atoms with Crippen molar-refractivity contribution >= 4 is 11.9 Å². The van der Waals surface area contributed by atoms with Crippen LogP contribution in [0.3, 0.4) is 0 Å². The van der Waals surface area contributed by atoms with Crippen LogP contribution in [-0.2, 0) is 9.47 Å². The van der Waals surface area contributed by atoms with Gasteiger partial charge in [-0.05, 0) is 25.0 Å². The van der Waals surface area contributed by atoms with Crippen molar-refractivity contribution in [3.63, 3.8) is 0 Å². The van der Waals surface area contributed by atoms with E-state index in [0.29, 0.717) is 26.2 Å². The van der Waals surface area contributed by atoms with Crippen LogP contribution in [0.15, 0.2) is 18.2 Å². The van der Waals surface area contributed by atoms with Crippen LogP contribution < -0.4 is 5.32 Å². The van der Waals surface area contributed by atoms with Gasteiger partial charge in [-0.1, -0.05) is 6.07 Å². The first-order chi connectivity index (χ1) is 10.2. The summed E-state index contributed by atoms with van der Waals surface area (Å²) < 4.78 is 10.8. The topological polar surface area (TPSA) is 97.8 Å². The zero-order valence-electron chi connectivity index (χ0n) is 11.6. The van der Waals surface area contributed by atoms with Crippen LogP contribution in [0.4, 0.5) is 0 Å². The number of ether oxygens (including phenoxy) is 2. The van der Waals surface area contributed by atoms with E-state index < -0.39 is 5.97 Å². The third-order valence-corrected chi connectivity index (χ3v) is 3.05. The van der Waals surface area contributed by atoms with Crippen molar-refractivity contribution in [2.24, 2.45) is 0 Å². The van der Waals surface area contributed by atoms with Gasteiger partial charge in [0.05, 0.1) is 12.7 Å². The Kier molecular flexibility index (Phi) is 5.65. The molecule has 0 aromatic carbocycles. The van der Waals surface area contributed by atoms with Crippen LogP contribution in [-0.4, -0.2) is 54.4 Å². The lowest BCUT2D eigenvalue weighted by molar-refractivity contribution is 0.0415. The highest BCUT2D eigenvalue weighted by Gasteiger charge is 2.15. The van der Waals surface area contributed by atoms with E-state index >= 15 is 0 Å². The fraction of sp³-hybridized carbons (Fsp3) is 0.500. The number of hydrogen-bond acceptors (Lipinski definition) is 5. The monoisotopic (exact) mass is 294 g/mol. The number of nitrogens with one attached hydrogen (secondary N) is 1. The number of aromatic carboxylic acids is 1. The van der Waals surface area contributed by atoms with E-state index in [4.69, 9.17) is 14.6 Å². The molecule has 114 valence electrons. The highest BCUT2D eigenvalue weighted by atomic mass is 16.5. The standard InChI is InChI=1S/C14H18N2O5/c17-13(11-3-1-4-12(16-11)14(18)19)15-6-2-7-21-10-5-8-20-9-10/h1,3-4,10H,2,5-9H2,(H,15,17)(H,18,19). The zero-order valence-corrected chi connectivity index (χ0v) is 11.6. The maximum absolute atomic E-state index is 11.8. The second kappa shape index (κ2) is 7.70. The average molecular weight is 294 g/mol. The van der Waals surface area contributed by atoms with Gasteiger partial charge in [0.25, 0.3) is 5.91 Å². The fourth-order valence-corrected chi connectivity index (χ4v) is 1.94. The van der Waals surface area contributed by atoms with Gasteiger partial charge in [-0.3, -0.25) is 4.79 Å². The molecular formula is C14H18N2O5. The molecule has 1 amide bonds. The normalized spacial score (nSPS) is 17.6. The predicted octanol–water partition coefficient (Wildman–Crippen LogP) is 0.705. The van der Waals surface area contributed by atoms with Crippen LogP contribution in [0.5, 0.6) is 0 Å². The molecule has 0 saturated carbocycles.